The second kappa shape index (κ2) is 5.43. The number of nitrogens with one attached hydrogen (secondary N) is 1. The first kappa shape index (κ1) is 13.6. The van der Waals surface area contributed by atoms with Crippen LogP contribution in [0.3, 0.4) is 0 Å². The van der Waals surface area contributed by atoms with Gasteiger partial charge in [0.1, 0.15) is 5.82 Å². The molecule has 0 radical (unpaired) electrons. The summed E-state index contributed by atoms with van der Waals surface area (Å²) in [5.41, 5.74) is 1.61. The van der Waals surface area contributed by atoms with Crippen LogP contribution in [0.1, 0.15) is 4.88 Å². The molecule has 0 bridgehead atoms. The van der Waals surface area contributed by atoms with Crippen LogP contribution in [0.4, 0.5) is 4.39 Å². The first-order chi connectivity index (χ1) is 8.49. The highest BCUT2D eigenvalue weighted by atomic mass is 79.9. The van der Waals surface area contributed by atoms with Crippen LogP contribution >= 0.6 is 27.3 Å². The van der Waals surface area contributed by atoms with Crippen LogP contribution in [-0.4, -0.2) is 13.4 Å². The van der Waals surface area contributed by atoms with Gasteiger partial charge in [0, 0.05) is 17.6 Å². The molecule has 0 aliphatic heterocycles. The van der Waals surface area contributed by atoms with Crippen LogP contribution in [-0.2, 0) is 16.6 Å². The fourth-order valence-electron chi connectivity index (χ4n) is 1.22. The Bertz CT molecular complexity index is 644. The van der Waals surface area contributed by atoms with E-state index in [4.69, 9.17) is 0 Å². The first-order valence-electron chi connectivity index (χ1n) is 4.81. The zero-order valence-corrected chi connectivity index (χ0v) is 12.1. The van der Waals surface area contributed by atoms with E-state index in [1.807, 2.05) is 0 Å². The Morgan fingerprint density at radius 3 is 2.83 bits per heavy atom. The van der Waals surface area contributed by atoms with E-state index in [1.165, 1.54) is 23.5 Å². The number of benzene rings is 1. The van der Waals surface area contributed by atoms with Crippen molar-refractivity contribution in [1.29, 1.82) is 0 Å². The van der Waals surface area contributed by atoms with Gasteiger partial charge in [0.2, 0.25) is 10.0 Å². The number of hydrogen-bond acceptors (Lipinski definition) is 4. The molecule has 1 aromatic heterocycles. The standard InChI is InChI=1S/C10H8BrFN2O2S2/c11-9-2-1-8(3-10(9)12)18(15,16)14-5-7-4-13-6-17-7/h1-4,6,14H,5H2. The highest BCUT2D eigenvalue weighted by Crippen LogP contribution is 2.19. The smallest absolute Gasteiger partial charge is 0.241 e. The summed E-state index contributed by atoms with van der Waals surface area (Å²) in [5.74, 6) is -0.615. The van der Waals surface area contributed by atoms with E-state index in [2.05, 4.69) is 25.6 Å². The third kappa shape index (κ3) is 3.14. The zero-order valence-electron chi connectivity index (χ0n) is 8.93. The van der Waals surface area contributed by atoms with Crippen molar-refractivity contribution < 1.29 is 12.8 Å². The van der Waals surface area contributed by atoms with Crippen LogP contribution in [0.25, 0.3) is 0 Å². The molecular formula is C10H8BrFN2O2S2. The van der Waals surface area contributed by atoms with E-state index < -0.39 is 15.8 Å². The van der Waals surface area contributed by atoms with E-state index in [0.717, 1.165) is 10.9 Å². The molecule has 0 fully saturated rings. The van der Waals surface area contributed by atoms with Gasteiger partial charge in [-0.3, -0.25) is 4.98 Å². The number of nitrogens with zero attached hydrogens (tertiary/aromatic N) is 1. The molecule has 2 rings (SSSR count). The highest BCUT2D eigenvalue weighted by molar-refractivity contribution is 9.10. The molecule has 0 amide bonds. The third-order valence-corrected chi connectivity index (χ3v) is 4.94. The molecule has 4 nitrogen and oxygen atoms in total. The van der Waals surface area contributed by atoms with Gasteiger partial charge in [0.05, 0.1) is 14.9 Å². The zero-order chi connectivity index (χ0) is 13.2. The van der Waals surface area contributed by atoms with Crippen LogP contribution in [0.2, 0.25) is 0 Å². The Balaban J connectivity index is 2.17. The Morgan fingerprint density at radius 1 is 1.44 bits per heavy atom. The fraction of sp³-hybridized carbons (Fsp3) is 0.100. The van der Waals surface area contributed by atoms with Gasteiger partial charge in [-0.2, -0.15) is 0 Å². The minimum absolute atomic E-state index is 0.104. The largest absolute Gasteiger partial charge is 0.253 e. The second-order valence-corrected chi connectivity index (χ2v) is 6.96. The second-order valence-electron chi connectivity index (χ2n) is 3.37. The summed E-state index contributed by atoms with van der Waals surface area (Å²) in [5, 5.41) is 0. The lowest BCUT2D eigenvalue weighted by molar-refractivity contribution is 0.577. The Morgan fingerprint density at radius 2 is 2.22 bits per heavy atom. The summed E-state index contributed by atoms with van der Waals surface area (Å²) < 4.78 is 39.7. The molecule has 1 N–H and O–H groups in total. The monoisotopic (exact) mass is 350 g/mol. The number of halogens is 2. The van der Waals surface area contributed by atoms with Gasteiger partial charge in [-0.15, -0.1) is 11.3 Å². The molecule has 1 aromatic carbocycles. The first-order valence-corrected chi connectivity index (χ1v) is 7.97. The van der Waals surface area contributed by atoms with E-state index >= 15 is 0 Å². The predicted molar refractivity (Wildman–Crippen MR) is 70.2 cm³/mol. The van der Waals surface area contributed by atoms with E-state index in [1.54, 1.807) is 11.7 Å². The molecule has 96 valence electrons. The Hall–Kier alpha value is -0.830. The van der Waals surface area contributed by atoms with Gasteiger partial charge >= 0.3 is 0 Å². The van der Waals surface area contributed by atoms with E-state index in [-0.39, 0.29) is 15.9 Å². The maximum Gasteiger partial charge on any atom is 0.241 e. The molecule has 0 atom stereocenters. The molecule has 18 heavy (non-hydrogen) atoms. The quantitative estimate of drug-likeness (QED) is 0.921. The minimum Gasteiger partial charge on any atom is -0.253 e. The average Bonchev–Trinajstić information content (AvgIpc) is 2.83. The van der Waals surface area contributed by atoms with Gasteiger partial charge < -0.3 is 0 Å². The molecule has 0 unspecified atom stereocenters. The van der Waals surface area contributed by atoms with Crippen molar-refractivity contribution in [1.82, 2.24) is 9.71 Å². The summed E-state index contributed by atoms with van der Waals surface area (Å²) in [7, 11) is -3.71. The molecule has 2 aromatic rings. The van der Waals surface area contributed by atoms with Crippen molar-refractivity contribution in [2.75, 3.05) is 0 Å². The van der Waals surface area contributed by atoms with Crippen molar-refractivity contribution in [3.8, 4) is 0 Å². The van der Waals surface area contributed by atoms with Crippen LogP contribution in [0.15, 0.2) is 39.3 Å². The Kier molecular flexibility index (Phi) is 4.10. The normalized spacial score (nSPS) is 11.7. The maximum absolute atomic E-state index is 13.3. The molecule has 0 saturated heterocycles. The average molecular weight is 351 g/mol. The lowest BCUT2D eigenvalue weighted by Crippen LogP contribution is -2.22. The predicted octanol–water partition coefficient (Wildman–Crippen LogP) is 2.52. The van der Waals surface area contributed by atoms with Crippen molar-refractivity contribution in [2.24, 2.45) is 0 Å². The summed E-state index contributed by atoms with van der Waals surface area (Å²) in [4.78, 5) is 4.52. The van der Waals surface area contributed by atoms with Crippen molar-refractivity contribution in [3.05, 3.63) is 45.1 Å². The third-order valence-electron chi connectivity index (χ3n) is 2.12. The number of hydrogen-bond donors (Lipinski definition) is 1. The van der Waals surface area contributed by atoms with Gasteiger partial charge in [-0.1, -0.05) is 0 Å². The van der Waals surface area contributed by atoms with Crippen molar-refractivity contribution >= 4 is 37.3 Å². The van der Waals surface area contributed by atoms with E-state index in [9.17, 15) is 12.8 Å². The topological polar surface area (TPSA) is 59.1 Å². The lowest BCUT2D eigenvalue weighted by Gasteiger charge is -2.06. The number of sulfonamides is 1. The van der Waals surface area contributed by atoms with Gasteiger partial charge in [-0.25, -0.2) is 17.5 Å². The van der Waals surface area contributed by atoms with Crippen LogP contribution < -0.4 is 4.72 Å². The summed E-state index contributed by atoms with van der Waals surface area (Å²) in [6.45, 7) is 0.144. The molecule has 0 saturated carbocycles. The number of rotatable bonds is 4. The fourth-order valence-corrected chi connectivity index (χ4v) is 3.11. The van der Waals surface area contributed by atoms with Crippen LogP contribution in [0, 0.1) is 5.82 Å². The number of thiazole rings is 1. The highest BCUT2D eigenvalue weighted by Gasteiger charge is 2.15. The van der Waals surface area contributed by atoms with Crippen molar-refractivity contribution in [2.45, 2.75) is 11.4 Å². The van der Waals surface area contributed by atoms with E-state index in [0.29, 0.717) is 0 Å². The molecule has 1 heterocycles. The summed E-state index contributed by atoms with van der Waals surface area (Å²) in [6, 6.07) is 3.66. The molecular weight excluding hydrogens is 343 g/mol. The minimum atomic E-state index is -3.71. The summed E-state index contributed by atoms with van der Waals surface area (Å²) in [6.07, 6.45) is 1.58. The van der Waals surface area contributed by atoms with Gasteiger partial charge in [-0.05, 0) is 34.1 Å². The maximum atomic E-state index is 13.3. The van der Waals surface area contributed by atoms with Gasteiger partial charge in [0.25, 0.3) is 0 Å². The summed E-state index contributed by atoms with van der Waals surface area (Å²) >= 11 is 4.31. The molecule has 0 spiro atoms. The molecule has 8 heteroatoms. The number of aromatic nitrogens is 1. The van der Waals surface area contributed by atoms with Gasteiger partial charge in [0.15, 0.2) is 0 Å². The Labute approximate surface area is 116 Å². The molecule has 0 aliphatic carbocycles. The lowest BCUT2D eigenvalue weighted by atomic mass is 10.3. The SMILES string of the molecule is O=S(=O)(NCc1cncs1)c1ccc(Br)c(F)c1. The molecule has 0 aliphatic rings. The van der Waals surface area contributed by atoms with Crippen LogP contribution in [0.5, 0.6) is 0 Å². The van der Waals surface area contributed by atoms with Crippen molar-refractivity contribution in [3.63, 3.8) is 0 Å².